The molecular formula is C33H47N3O5. The fourth-order valence-electron chi connectivity index (χ4n) is 6.47. The molecule has 41 heavy (non-hydrogen) atoms. The van der Waals surface area contributed by atoms with Gasteiger partial charge in [0.05, 0.1) is 26.2 Å². The van der Waals surface area contributed by atoms with Crippen molar-refractivity contribution in [1.82, 2.24) is 9.80 Å². The lowest BCUT2D eigenvalue weighted by Crippen LogP contribution is -2.44. The van der Waals surface area contributed by atoms with E-state index in [4.69, 9.17) is 15.2 Å². The highest BCUT2D eigenvalue weighted by Crippen LogP contribution is 2.41. The summed E-state index contributed by atoms with van der Waals surface area (Å²) in [5.74, 6) is 0.240. The van der Waals surface area contributed by atoms with Crippen LogP contribution in [-0.2, 0) is 22.4 Å². The van der Waals surface area contributed by atoms with Gasteiger partial charge in [0.1, 0.15) is 11.5 Å². The average molecular weight is 566 g/mol. The highest BCUT2D eigenvalue weighted by atomic mass is 16.5. The molecule has 1 fully saturated rings. The Balaban J connectivity index is 1.56. The molecule has 224 valence electrons. The topological polar surface area (TPSA) is 105 Å². The molecule has 1 saturated heterocycles. The van der Waals surface area contributed by atoms with Crippen LogP contribution in [-0.4, -0.2) is 79.3 Å². The molecule has 2 aromatic carbocycles. The van der Waals surface area contributed by atoms with Gasteiger partial charge in [0.2, 0.25) is 5.91 Å². The minimum absolute atomic E-state index is 0.0809. The third kappa shape index (κ3) is 7.80. The van der Waals surface area contributed by atoms with Crippen LogP contribution in [0.2, 0.25) is 0 Å². The number of aliphatic carboxylic acids is 1. The lowest BCUT2D eigenvalue weighted by atomic mass is 9.83. The molecule has 4 rings (SSSR count). The van der Waals surface area contributed by atoms with Gasteiger partial charge in [-0.3, -0.25) is 14.5 Å². The van der Waals surface area contributed by atoms with Crippen LogP contribution in [0, 0.1) is 5.92 Å². The van der Waals surface area contributed by atoms with Crippen LogP contribution in [0.15, 0.2) is 42.5 Å². The molecule has 2 aliphatic rings. The first-order chi connectivity index (χ1) is 20.0. The number of carboxylic acid groups (broad SMARTS) is 1. The van der Waals surface area contributed by atoms with Gasteiger partial charge in [0.25, 0.3) is 0 Å². The number of ether oxygens (including phenoxy) is 2. The van der Waals surface area contributed by atoms with Crippen molar-refractivity contribution in [3.63, 3.8) is 0 Å². The SMILES string of the molecule is CCCCN(CCCCN)C(=O)CN1C[C@H](c2ccc3c(c2)CCO3)C(C(=O)O)[C@@H]1CCCc1ccccc1OC. The number of para-hydroxylation sites is 1. The van der Waals surface area contributed by atoms with Gasteiger partial charge in [-0.15, -0.1) is 0 Å². The second-order valence-corrected chi connectivity index (χ2v) is 11.4. The number of aryl methyl sites for hydroxylation is 1. The molecule has 1 unspecified atom stereocenters. The van der Waals surface area contributed by atoms with Crippen LogP contribution in [0.5, 0.6) is 11.5 Å². The minimum atomic E-state index is -0.797. The number of hydrogen-bond acceptors (Lipinski definition) is 6. The van der Waals surface area contributed by atoms with Crippen molar-refractivity contribution in [2.75, 3.05) is 46.4 Å². The molecular weight excluding hydrogens is 518 g/mol. The van der Waals surface area contributed by atoms with Crippen LogP contribution in [0.4, 0.5) is 0 Å². The van der Waals surface area contributed by atoms with Crippen LogP contribution in [0.3, 0.4) is 0 Å². The number of rotatable bonds is 16. The highest BCUT2D eigenvalue weighted by Gasteiger charge is 2.47. The standard InChI is InChI=1S/C33H47N3O5/c1-3-4-18-35(19-8-7-17-34)31(37)23-36-22-27(25-14-15-30-26(21-25)16-20-41-30)32(33(38)39)28(36)12-9-11-24-10-5-6-13-29(24)40-2/h5-6,10,13-15,21,27-28,32H,3-4,7-9,11-12,16-20,22-23,34H2,1-2H3,(H,38,39)/t27-,28+,32?/m1/s1. The van der Waals surface area contributed by atoms with E-state index in [1.807, 2.05) is 35.2 Å². The summed E-state index contributed by atoms with van der Waals surface area (Å²) < 4.78 is 11.2. The molecule has 0 aromatic heterocycles. The number of methoxy groups -OCH3 is 1. The summed E-state index contributed by atoms with van der Waals surface area (Å²) in [4.78, 5) is 30.6. The predicted molar refractivity (Wildman–Crippen MR) is 161 cm³/mol. The van der Waals surface area contributed by atoms with Gasteiger partial charge in [-0.25, -0.2) is 0 Å². The molecule has 0 spiro atoms. The molecule has 2 aliphatic heterocycles. The third-order valence-electron chi connectivity index (χ3n) is 8.67. The van der Waals surface area contributed by atoms with Crippen LogP contribution in [0.1, 0.15) is 68.1 Å². The van der Waals surface area contributed by atoms with Crippen molar-refractivity contribution in [2.24, 2.45) is 11.7 Å². The van der Waals surface area contributed by atoms with E-state index in [2.05, 4.69) is 24.0 Å². The summed E-state index contributed by atoms with van der Waals surface area (Å²) in [5, 5.41) is 10.5. The second-order valence-electron chi connectivity index (χ2n) is 11.4. The van der Waals surface area contributed by atoms with E-state index in [0.717, 1.165) is 79.7 Å². The van der Waals surface area contributed by atoms with Gasteiger partial charge < -0.3 is 25.2 Å². The first-order valence-electron chi connectivity index (χ1n) is 15.3. The molecule has 2 aromatic rings. The molecule has 8 nitrogen and oxygen atoms in total. The van der Waals surface area contributed by atoms with Gasteiger partial charge in [0.15, 0.2) is 0 Å². The van der Waals surface area contributed by atoms with Crippen molar-refractivity contribution in [1.29, 1.82) is 0 Å². The molecule has 3 N–H and O–H groups in total. The van der Waals surface area contributed by atoms with E-state index < -0.39 is 11.9 Å². The zero-order chi connectivity index (χ0) is 29.2. The van der Waals surface area contributed by atoms with Gasteiger partial charge >= 0.3 is 5.97 Å². The normalized spacial score (nSPS) is 20.0. The van der Waals surface area contributed by atoms with Crippen molar-refractivity contribution >= 4 is 11.9 Å². The van der Waals surface area contributed by atoms with Gasteiger partial charge in [-0.05, 0) is 73.9 Å². The van der Waals surface area contributed by atoms with Gasteiger partial charge in [-0.2, -0.15) is 0 Å². The Morgan fingerprint density at radius 3 is 2.68 bits per heavy atom. The van der Waals surface area contributed by atoms with E-state index in [1.165, 1.54) is 0 Å². The maximum atomic E-state index is 13.7. The quantitative estimate of drug-likeness (QED) is 0.289. The monoisotopic (exact) mass is 565 g/mol. The zero-order valence-electron chi connectivity index (χ0n) is 24.7. The molecule has 0 saturated carbocycles. The number of amides is 1. The van der Waals surface area contributed by atoms with Gasteiger partial charge in [0, 0.05) is 38.0 Å². The molecule has 0 radical (unpaired) electrons. The molecule has 0 aliphatic carbocycles. The number of nitrogens with zero attached hydrogens (tertiary/aromatic N) is 2. The number of fused-ring (bicyclic) bond motifs is 1. The Labute approximate surface area is 244 Å². The van der Waals surface area contributed by atoms with Crippen molar-refractivity contribution < 1.29 is 24.2 Å². The number of carbonyl (C=O) groups excluding carboxylic acids is 1. The van der Waals surface area contributed by atoms with Crippen molar-refractivity contribution in [3.8, 4) is 11.5 Å². The number of carboxylic acids is 1. The summed E-state index contributed by atoms with van der Waals surface area (Å²) in [6, 6.07) is 13.9. The molecule has 0 bridgehead atoms. The van der Waals surface area contributed by atoms with E-state index in [0.29, 0.717) is 32.7 Å². The van der Waals surface area contributed by atoms with Crippen molar-refractivity contribution in [2.45, 2.75) is 70.3 Å². The van der Waals surface area contributed by atoms with E-state index in [-0.39, 0.29) is 24.4 Å². The maximum Gasteiger partial charge on any atom is 0.308 e. The lowest BCUT2D eigenvalue weighted by Gasteiger charge is -2.30. The van der Waals surface area contributed by atoms with E-state index >= 15 is 0 Å². The smallest absolute Gasteiger partial charge is 0.308 e. The molecule has 8 heteroatoms. The zero-order valence-corrected chi connectivity index (χ0v) is 24.7. The Bertz CT molecular complexity index is 1160. The van der Waals surface area contributed by atoms with E-state index in [1.54, 1.807) is 7.11 Å². The second kappa shape index (κ2) is 15.2. The summed E-state index contributed by atoms with van der Waals surface area (Å²) in [7, 11) is 1.67. The number of benzene rings is 2. The first-order valence-corrected chi connectivity index (χ1v) is 15.3. The summed E-state index contributed by atoms with van der Waals surface area (Å²) in [6.07, 6.45) is 6.86. The van der Waals surface area contributed by atoms with Crippen LogP contribution >= 0.6 is 0 Å². The summed E-state index contributed by atoms with van der Waals surface area (Å²) in [5.41, 5.74) is 8.99. The number of unbranched alkanes of at least 4 members (excludes halogenated alkanes) is 2. The highest BCUT2D eigenvalue weighted by molar-refractivity contribution is 5.79. The number of hydrogen-bond donors (Lipinski definition) is 2. The minimum Gasteiger partial charge on any atom is -0.496 e. The maximum absolute atomic E-state index is 13.7. The Hall–Kier alpha value is -3.10. The summed E-state index contributed by atoms with van der Waals surface area (Å²) in [6.45, 7) is 5.61. The molecule has 2 heterocycles. The first kappa shape index (κ1) is 30.8. The van der Waals surface area contributed by atoms with Gasteiger partial charge in [-0.1, -0.05) is 43.7 Å². The molecule has 3 atom stereocenters. The predicted octanol–water partition coefficient (Wildman–Crippen LogP) is 4.49. The Kier molecular flexibility index (Phi) is 11.5. The largest absolute Gasteiger partial charge is 0.496 e. The average Bonchev–Trinajstić information content (AvgIpc) is 3.59. The van der Waals surface area contributed by atoms with Crippen molar-refractivity contribution in [3.05, 3.63) is 59.2 Å². The number of likely N-dealkylation sites (tertiary alicyclic amines) is 1. The molecule has 1 amide bonds. The fraction of sp³-hybridized carbons (Fsp3) is 0.576. The Morgan fingerprint density at radius 2 is 1.93 bits per heavy atom. The van der Waals surface area contributed by atoms with E-state index in [9.17, 15) is 14.7 Å². The summed E-state index contributed by atoms with van der Waals surface area (Å²) >= 11 is 0. The van der Waals surface area contributed by atoms with Crippen LogP contribution < -0.4 is 15.2 Å². The Morgan fingerprint density at radius 1 is 1.12 bits per heavy atom. The third-order valence-corrected chi connectivity index (χ3v) is 8.67. The lowest BCUT2D eigenvalue weighted by molar-refractivity contribution is -0.143. The van der Waals surface area contributed by atoms with Crippen LogP contribution in [0.25, 0.3) is 0 Å². The number of carbonyl (C=O) groups is 2. The number of nitrogens with two attached hydrogens (primary N) is 1. The fourth-order valence-corrected chi connectivity index (χ4v) is 6.47.